The third kappa shape index (κ3) is 3.03. The second-order valence-corrected chi connectivity index (χ2v) is 4.25. The van der Waals surface area contributed by atoms with Crippen LogP contribution in [-0.4, -0.2) is 21.3 Å². The van der Waals surface area contributed by atoms with Gasteiger partial charge >= 0.3 is 5.97 Å². The highest BCUT2D eigenvalue weighted by atomic mass is 32.2. The van der Waals surface area contributed by atoms with Crippen molar-refractivity contribution in [3.63, 3.8) is 0 Å². The highest BCUT2D eigenvalue weighted by molar-refractivity contribution is 8.00. The number of aryl methyl sites for hydroxylation is 1. The first kappa shape index (κ1) is 11.0. The van der Waals surface area contributed by atoms with Crippen molar-refractivity contribution >= 4 is 17.7 Å². The van der Waals surface area contributed by atoms with Gasteiger partial charge in [0.05, 0.1) is 5.03 Å². The Morgan fingerprint density at radius 2 is 2.36 bits per heavy atom. The normalized spacial score (nSPS) is 12.4. The SMILES string of the molecule is CCC(Sc1ccc(C)cn1)C(=O)O. The van der Waals surface area contributed by atoms with Crippen molar-refractivity contribution in [3.8, 4) is 0 Å². The lowest BCUT2D eigenvalue weighted by atomic mass is 10.3. The summed E-state index contributed by atoms with van der Waals surface area (Å²) in [5.74, 6) is -0.778. The molecule has 0 bridgehead atoms. The van der Waals surface area contributed by atoms with Crippen LogP contribution in [0, 0.1) is 6.92 Å². The van der Waals surface area contributed by atoms with Gasteiger partial charge in [0.25, 0.3) is 0 Å². The molecule has 4 heteroatoms. The molecule has 0 aliphatic carbocycles. The summed E-state index contributed by atoms with van der Waals surface area (Å²) >= 11 is 1.29. The monoisotopic (exact) mass is 211 g/mol. The Balaban J connectivity index is 2.67. The molecule has 76 valence electrons. The molecule has 0 aliphatic heterocycles. The lowest BCUT2D eigenvalue weighted by Gasteiger charge is -2.07. The minimum atomic E-state index is -0.778. The predicted octanol–water partition coefficient (Wildman–Crippen LogP) is 2.35. The van der Waals surface area contributed by atoms with Crippen LogP contribution < -0.4 is 0 Å². The first-order chi connectivity index (χ1) is 6.63. The van der Waals surface area contributed by atoms with Gasteiger partial charge in [0.2, 0.25) is 0 Å². The highest BCUT2D eigenvalue weighted by Gasteiger charge is 2.16. The van der Waals surface area contributed by atoms with Gasteiger partial charge in [-0.25, -0.2) is 4.98 Å². The van der Waals surface area contributed by atoms with E-state index in [2.05, 4.69) is 4.98 Å². The van der Waals surface area contributed by atoms with Gasteiger partial charge in [0.1, 0.15) is 5.25 Å². The van der Waals surface area contributed by atoms with Gasteiger partial charge in [-0.2, -0.15) is 0 Å². The highest BCUT2D eigenvalue weighted by Crippen LogP contribution is 2.23. The zero-order valence-electron chi connectivity index (χ0n) is 8.23. The molecule has 1 aromatic heterocycles. The van der Waals surface area contributed by atoms with Crippen LogP contribution in [0.2, 0.25) is 0 Å². The third-order valence-corrected chi connectivity index (χ3v) is 3.10. The number of hydrogen-bond acceptors (Lipinski definition) is 3. The number of carboxylic acid groups (broad SMARTS) is 1. The molecular formula is C10H13NO2S. The molecule has 0 spiro atoms. The minimum Gasteiger partial charge on any atom is -0.480 e. The standard InChI is InChI=1S/C10H13NO2S/c1-3-8(10(12)13)14-9-5-4-7(2)6-11-9/h4-6,8H,3H2,1-2H3,(H,12,13). The van der Waals surface area contributed by atoms with Crippen LogP contribution in [0.5, 0.6) is 0 Å². The molecule has 0 radical (unpaired) electrons. The van der Waals surface area contributed by atoms with Crippen molar-refractivity contribution in [1.82, 2.24) is 4.98 Å². The zero-order chi connectivity index (χ0) is 10.6. The average molecular weight is 211 g/mol. The van der Waals surface area contributed by atoms with E-state index < -0.39 is 11.2 Å². The molecule has 14 heavy (non-hydrogen) atoms. The Morgan fingerprint density at radius 1 is 1.64 bits per heavy atom. The molecule has 0 saturated carbocycles. The van der Waals surface area contributed by atoms with Crippen LogP contribution in [0.3, 0.4) is 0 Å². The summed E-state index contributed by atoms with van der Waals surface area (Å²) < 4.78 is 0. The predicted molar refractivity (Wildman–Crippen MR) is 56.5 cm³/mol. The largest absolute Gasteiger partial charge is 0.480 e. The Bertz CT molecular complexity index is 310. The molecule has 1 rings (SSSR count). The maximum absolute atomic E-state index is 10.8. The van der Waals surface area contributed by atoms with E-state index in [9.17, 15) is 4.79 Å². The van der Waals surface area contributed by atoms with Crippen LogP contribution in [0.1, 0.15) is 18.9 Å². The van der Waals surface area contributed by atoms with Gasteiger partial charge in [-0.1, -0.05) is 24.8 Å². The van der Waals surface area contributed by atoms with Crippen LogP contribution in [0.15, 0.2) is 23.4 Å². The second-order valence-electron chi connectivity index (χ2n) is 3.03. The van der Waals surface area contributed by atoms with Crippen molar-refractivity contribution in [1.29, 1.82) is 0 Å². The zero-order valence-corrected chi connectivity index (χ0v) is 9.04. The van der Waals surface area contributed by atoms with Gasteiger partial charge in [0, 0.05) is 6.20 Å². The molecule has 1 heterocycles. The van der Waals surface area contributed by atoms with Crippen molar-refractivity contribution in [2.45, 2.75) is 30.5 Å². The number of carbonyl (C=O) groups is 1. The van der Waals surface area contributed by atoms with Crippen LogP contribution >= 0.6 is 11.8 Å². The van der Waals surface area contributed by atoms with Gasteiger partial charge < -0.3 is 5.11 Å². The Morgan fingerprint density at radius 3 is 2.79 bits per heavy atom. The number of rotatable bonds is 4. The Kier molecular flexibility index (Phi) is 3.95. The molecule has 0 saturated heterocycles. The lowest BCUT2D eigenvalue weighted by Crippen LogP contribution is -2.14. The number of nitrogens with zero attached hydrogens (tertiary/aromatic N) is 1. The molecule has 1 atom stereocenters. The smallest absolute Gasteiger partial charge is 0.317 e. The second kappa shape index (κ2) is 5.00. The number of carboxylic acids is 1. The Labute approximate surface area is 87.6 Å². The quantitative estimate of drug-likeness (QED) is 0.777. The van der Waals surface area contributed by atoms with Gasteiger partial charge in [0.15, 0.2) is 0 Å². The van der Waals surface area contributed by atoms with E-state index in [1.165, 1.54) is 11.8 Å². The maximum atomic E-state index is 10.8. The first-order valence-electron chi connectivity index (χ1n) is 4.45. The van der Waals surface area contributed by atoms with Gasteiger partial charge in [-0.15, -0.1) is 0 Å². The molecule has 1 unspecified atom stereocenters. The molecule has 3 nitrogen and oxygen atoms in total. The average Bonchev–Trinajstić information content (AvgIpc) is 2.16. The summed E-state index contributed by atoms with van der Waals surface area (Å²) in [5.41, 5.74) is 1.08. The summed E-state index contributed by atoms with van der Waals surface area (Å²) in [6.45, 7) is 3.82. The summed E-state index contributed by atoms with van der Waals surface area (Å²) in [7, 11) is 0. The van der Waals surface area contributed by atoms with Crippen LogP contribution in [-0.2, 0) is 4.79 Å². The van der Waals surface area contributed by atoms with Crippen molar-refractivity contribution in [2.24, 2.45) is 0 Å². The van der Waals surface area contributed by atoms with Crippen LogP contribution in [0.25, 0.3) is 0 Å². The van der Waals surface area contributed by atoms with Crippen molar-refractivity contribution in [2.75, 3.05) is 0 Å². The van der Waals surface area contributed by atoms with E-state index in [0.29, 0.717) is 6.42 Å². The number of pyridine rings is 1. The van der Waals surface area contributed by atoms with E-state index >= 15 is 0 Å². The number of aliphatic carboxylic acids is 1. The molecule has 0 amide bonds. The van der Waals surface area contributed by atoms with E-state index in [4.69, 9.17) is 5.11 Å². The fourth-order valence-electron chi connectivity index (χ4n) is 0.978. The van der Waals surface area contributed by atoms with E-state index in [-0.39, 0.29) is 0 Å². The number of aromatic nitrogens is 1. The van der Waals surface area contributed by atoms with E-state index in [1.54, 1.807) is 6.20 Å². The fraction of sp³-hybridized carbons (Fsp3) is 0.400. The van der Waals surface area contributed by atoms with Gasteiger partial charge in [-0.05, 0) is 25.0 Å². The third-order valence-electron chi connectivity index (χ3n) is 1.79. The molecule has 0 fully saturated rings. The van der Waals surface area contributed by atoms with E-state index in [1.807, 2.05) is 26.0 Å². The van der Waals surface area contributed by atoms with Crippen molar-refractivity contribution < 1.29 is 9.90 Å². The fourth-order valence-corrected chi connectivity index (χ4v) is 1.80. The maximum Gasteiger partial charge on any atom is 0.317 e. The Hall–Kier alpha value is -1.03. The number of thioether (sulfide) groups is 1. The van der Waals surface area contributed by atoms with Gasteiger partial charge in [-0.3, -0.25) is 4.79 Å². The number of hydrogen-bond donors (Lipinski definition) is 1. The topological polar surface area (TPSA) is 50.2 Å². The minimum absolute atomic E-state index is 0.398. The molecule has 1 N–H and O–H groups in total. The molecule has 1 aromatic rings. The van der Waals surface area contributed by atoms with E-state index in [0.717, 1.165) is 10.6 Å². The lowest BCUT2D eigenvalue weighted by molar-refractivity contribution is -0.136. The summed E-state index contributed by atoms with van der Waals surface area (Å²) in [4.78, 5) is 14.9. The molecular weight excluding hydrogens is 198 g/mol. The molecule has 0 aliphatic rings. The van der Waals surface area contributed by atoms with Crippen LogP contribution in [0.4, 0.5) is 0 Å². The summed E-state index contributed by atoms with van der Waals surface area (Å²) in [6, 6.07) is 3.79. The summed E-state index contributed by atoms with van der Waals surface area (Å²) in [6.07, 6.45) is 2.35. The van der Waals surface area contributed by atoms with Crippen molar-refractivity contribution in [3.05, 3.63) is 23.9 Å². The summed E-state index contributed by atoms with van der Waals surface area (Å²) in [5, 5.41) is 9.21. The molecule has 0 aromatic carbocycles. The first-order valence-corrected chi connectivity index (χ1v) is 5.33.